The molecule has 0 unspecified atom stereocenters. The molecule has 1 aromatic heterocycles. The van der Waals surface area contributed by atoms with E-state index < -0.39 is 17.2 Å². The fourth-order valence-corrected chi connectivity index (χ4v) is 1.69. The van der Waals surface area contributed by atoms with E-state index in [1.807, 2.05) is 5.43 Å². The summed E-state index contributed by atoms with van der Waals surface area (Å²) in [6.45, 7) is 0.475. The summed E-state index contributed by atoms with van der Waals surface area (Å²) in [5.74, 6) is 5.11. The molecule has 2 aromatic rings. The molecule has 0 spiro atoms. The van der Waals surface area contributed by atoms with E-state index in [4.69, 9.17) is 10.6 Å². The minimum absolute atomic E-state index is 0.208. The number of amides is 1. The first-order valence-electron chi connectivity index (χ1n) is 6.14. The molecule has 1 heterocycles. The molecule has 110 valence electrons. The first kappa shape index (κ1) is 14.5. The zero-order valence-electron chi connectivity index (χ0n) is 11.0. The van der Waals surface area contributed by atoms with Crippen LogP contribution in [0.2, 0.25) is 0 Å². The molecule has 0 aliphatic rings. The van der Waals surface area contributed by atoms with Gasteiger partial charge in [-0.05, 0) is 18.2 Å². The van der Waals surface area contributed by atoms with E-state index in [0.717, 1.165) is 0 Å². The highest BCUT2D eigenvalue weighted by Gasteiger charge is 2.04. The highest BCUT2D eigenvalue weighted by atomic mass is 16.5. The van der Waals surface area contributed by atoms with Gasteiger partial charge in [-0.1, -0.05) is 6.07 Å². The molecule has 0 fully saturated rings. The number of aromatic nitrogens is 2. The molecule has 1 aromatic carbocycles. The lowest BCUT2D eigenvalue weighted by atomic mass is 10.2. The average molecular weight is 290 g/mol. The van der Waals surface area contributed by atoms with Crippen molar-refractivity contribution in [2.45, 2.75) is 6.54 Å². The summed E-state index contributed by atoms with van der Waals surface area (Å²) < 4.78 is 6.78. The van der Waals surface area contributed by atoms with Crippen molar-refractivity contribution in [1.82, 2.24) is 15.0 Å². The van der Waals surface area contributed by atoms with Crippen LogP contribution in [0.1, 0.15) is 10.4 Å². The maximum absolute atomic E-state index is 11.4. The van der Waals surface area contributed by atoms with E-state index in [0.29, 0.717) is 11.3 Å². The van der Waals surface area contributed by atoms with Crippen LogP contribution in [0.4, 0.5) is 0 Å². The number of nitrogen functional groups attached to an aromatic ring is 1. The van der Waals surface area contributed by atoms with Gasteiger partial charge in [-0.25, -0.2) is 10.6 Å². The monoisotopic (exact) mass is 290 g/mol. The first-order chi connectivity index (χ1) is 10.1. The molecule has 8 heteroatoms. The van der Waals surface area contributed by atoms with Gasteiger partial charge in [0.1, 0.15) is 12.4 Å². The summed E-state index contributed by atoms with van der Waals surface area (Å²) in [6, 6.07) is 7.74. The van der Waals surface area contributed by atoms with Crippen LogP contribution in [0.25, 0.3) is 0 Å². The van der Waals surface area contributed by atoms with Crippen LogP contribution in [0, 0.1) is 0 Å². The Morgan fingerprint density at radius 3 is 2.86 bits per heavy atom. The number of benzene rings is 1. The molecule has 21 heavy (non-hydrogen) atoms. The topological polar surface area (TPSA) is 119 Å². The van der Waals surface area contributed by atoms with Crippen molar-refractivity contribution in [2.24, 2.45) is 5.84 Å². The van der Waals surface area contributed by atoms with Gasteiger partial charge < -0.3 is 4.74 Å². The lowest BCUT2D eigenvalue weighted by Gasteiger charge is -2.08. The van der Waals surface area contributed by atoms with Crippen molar-refractivity contribution < 1.29 is 9.53 Å². The van der Waals surface area contributed by atoms with E-state index in [1.54, 1.807) is 18.2 Å². The second-order valence-electron chi connectivity index (χ2n) is 4.15. The highest BCUT2D eigenvalue weighted by molar-refractivity contribution is 5.94. The lowest BCUT2D eigenvalue weighted by Crippen LogP contribution is -2.30. The van der Waals surface area contributed by atoms with Gasteiger partial charge in [0, 0.05) is 17.8 Å². The average Bonchev–Trinajstić information content (AvgIpc) is 2.49. The van der Waals surface area contributed by atoms with Crippen LogP contribution >= 0.6 is 0 Å². The number of carbonyl (C=O) groups excluding carboxylic acids is 1. The third-order valence-electron chi connectivity index (χ3n) is 2.73. The molecule has 2 rings (SSSR count). The van der Waals surface area contributed by atoms with Crippen molar-refractivity contribution >= 4 is 5.91 Å². The molecular formula is C13H14N4O4. The second-order valence-corrected chi connectivity index (χ2v) is 4.15. The molecule has 0 aliphatic carbocycles. The van der Waals surface area contributed by atoms with E-state index in [1.165, 1.54) is 22.9 Å². The number of aromatic amines is 1. The van der Waals surface area contributed by atoms with E-state index in [2.05, 4.69) is 4.98 Å². The van der Waals surface area contributed by atoms with Crippen molar-refractivity contribution in [3.8, 4) is 5.75 Å². The van der Waals surface area contributed by atoms with Gasteiger partial charge in [-0.2, -0.15) is 0 Å². The molecule has 0 radical (unpaired) electrons. The van der Waals surface area contributed by atoms with Gasteiger partial charge in [-0.3, -0.25) is 24.6 Å². The molecule has 8 nitrogen and oxygen atoms in total. The summed E-state index contributed by atoms with van der Waals surface area (Å²) >= 11 is 0. The molecule has 1 amide bonds. The lowest BCUT2D eigenvalue weighted by molar-refractivity contribution is 0.0953. The number of nitrogens with zero attached hydrogens (tertiary/aromatic N) is 1. The Morgan fingerprint density at radius 1 is 1.33 bits per heavy atom. The smallest absolute Gasteiger partial charge is 0.328 e. The largest absolute Gasteiger partial charge is 0.492 e. The van der Waals surface area contributed by atoms with Gasteiger partial charge in [0.25, 0.3) is 11.5 Å². The van der Waals surface area contributed by atoms with Gasteiger partial charge in [0.15, 0.2) is 0 Å². The van der Waals surface area contributed by atoms with Gasteiger partial charge in [-0.15, -0.1) is 0 Å². The first-order valence-corrected chi connectivity index (χ1v) is 6.14. The number of hydrazine groups is 1. The summed E-state index contributed by atoms with van der Waals surface area (Å²) in [5, 5.41) is 0. The minimum atomic E-state index is -0.498. The number of H-pyrrole nitrogens is 1. The molecule has 4 N–H and O–H groups in total. The standard InChI is InChI=1S/C13H14N4O4/c14-16-12(19)9-2-1-3-10(8-9)21-7-6-17-5-4-11(18)15-13(17)20/h1-5,8H,6-7,14H2,(H,16,19)(H,15,18,20). The Balaban J connectivity index is 1.99. The third-order valence-corrected chi connectivity index (χ3v) is 2.73. The number of nitrogens with two attached hydrogens (primary N) is 1. The van der Waals surface area contributed by atoms with Crippen molar-refractivity contribution in [1.29, 1.82) is 0 Å². The zero-order chi connectivity index (χ0) is 15.2. The Morgan fingerprint density at radius 2 is 2.14 bits per heavy atom. The zero-order valence-corrected chi connectivity index (χ0v) is 11.0. The Labute approximate surface area is 119 Å². The molecule has 0 aliphatic heterocycles. The third kappa shape index (κ3) is 3.80. The fraction of sp³-hybridized carbons (Fsp3) is 0.154. The summed E-state index contributed by atoms with van der Waals surface area (Å²) in [4.78, 5) is 35.9. The Hall–Kier alpha value is -2.87. The number of hydrogen-bond acceptors (Lipinski definition) is 5. The number of ether oxygens (including phenoxy) is 1. The number of nitrogens with one attached hydrogen (secondary N) is 2. The Kier molecular flexibility index (Phi) is 4.52. The molecule has 0 atom stereocenters. The molecule has 0 saturated heterocycles. The summed E-state index contributed by atoms with van der Waals surface area (Å²) in [5.41, 5.74) is 1.46. The number of hydrogen-bond donors (Lipinski definition) is 3. The van der Waals surface area contributed by atoms with Crippen molar-refractivity contribution in [3.05, 3.63) is 62.9 Å². The predicted molar refractivity (Wildman–Crippen MR) is 74.9 cm³/mol. The summed E-state index contributed by atoms with van der Waals surface area (Å²) in [6.07, 6.45) is 1.39. The van der Waals surface area contributed by atoms with Crippen LogP contribution in [-0.2, 0) is 6.54 Å². The van der Waals surface area contributed by atoms with Crippen molar-refractivity contribution in [3.63, 3.8) is 0 Å². The maximum Gasteiger partial charge on any atom is 0.328 e. The molecule has 0 saturated carbocycles. The quantitative estimate of drug-likeness (QED) is 0.379. The van der Waals surface area contributed by atoms with Crippen LogP contribution in [0.5, 0.6) is 5.75 Å². The SMILES string of the molecule is NNC(=O)c1cccc(OCCn2ccc(=O)[nH]c2=O)c1. The highest BCUT2D eigenvalue weighted by Crippen LogP contribution is 2.13. The fourth-order valence-electron chi connectivity index (χ4n) is 1.69. The molecular weight excluding hydrogens is 276 g/mol. The van der Waals surface area contributed by atoms with Crippen LogP contribution in [0.3, 0.4) is 0 Å². The molecule has 0 bridgehead atoms. The number of rotatable bonds is 5. The van der Waals surface area contributed by atoms with Crippen LogP contribution in [0.15, 0.2) is 46.1 Å². The Bertz CT molecular complexity index is 750. The van der Waals surface area contributed by atoms with Crippen LogP contribution in [-0.4, -0.2) is 22.1 Å². The maximum atomic E-state index is 11.4. The van der Waals surface area contributed by atoms with Crippen molar-refractivity contribution in [2.75, 3.05) is 6.61 Å². The minimum Gasteiger partial charge on any atom is -0.492 e. The van der Waals surface area contributed by atoms with Gasteiger partial charge in [0.2, 0.25) is 0 Å². The van der Waals surface area contributed by atoms with Gasteiger partial charge >= 0.3 is 5.69 Å². The normalized spacial score (nSPS) is 10.1. The number of carbonyl (C=O) groups is 1. The predicted octanol–water partition coefficient (Wildman–Crippen LogP) is -0.781. The second kappa shape index (κ2) is 6.53. The van der Waals surface area contributed by atoms with Gasteiger partial charge in [0.05, 0.1) is 6.54 Å². The van der Waals surface area contributed by atoms with E-state index in [9.17, 15) is 14.4 Å². The summed E-state index contributed by atoms with van der Waals surface area (Å²) in [7, 11) is 0. The van der Waals surface area contributed by atoms with Crippen LogP contribution < -0.4 is 27.3 Å². The van der Waals surface area contributed by atoms with E-state index in [-0.39, 0.29) is 13.2 Å². The van der Waals surface area contributed by atoms with E-state index >= 15 is 0 Å².